The summed E-state index contributed by atoms with van der Waals surface area (Å²) in [6, 6.07) is 6.39. The zero-order valence-electron chi connectivity index (χ0n) is 10.7. The third-order valence-electron chi connectivity index (χ3n) is 3.51. The zero-order chi connectivity index (χ0) is 14.3. The van der Waals surface area contributed by atoms with Crippen molar-refractivity contribution < 1.29 is 19.2 Å². The number of Topliss-reactive ketones (excluding diaryl/α,β-unsaturated/α-hetero) is 1. The van der Waals surface area contributed by atoms with Crippen LogP contribution >= 0.6 is 0 Å². The van der Waals surface area contributed by atoms with Crippen LogP contribution in [0.5, 0.6) is 0 Å². The summed E-state index contributed by atoms with van der Waals surface area (Å²) in [5, 5.41) is 1.79. The molecule has 0 saturated carbocycles. The molecule has 0 unspecified atom stereocenters. The minimum atomic E-state index is -0.781. The summed E-state index contributed by atoms with van der Waals surface area (Å²) in [4.78, 5) is 48.2. The number of ketones is 1. The molecule has 1 aromatic rings. The van der Waals surface area contributed by atoms with Gasteiger partial charge in [0.1, 0.15) is 0 Å². The van der Waals surface area contributed by atoms with Crippen LogP contribution in [-0.4, -0.2) is 40.1 Å². The van der Waals surface area contributed by atoms with E-state index in [1.807, 2.05) is 0 Å². The van der Waals surface area contributed by atoms with Gasteiger partial charge in [-0.3, -0.25) is 19.2 Å². The van der Waals surface area contributed by atoms with Crippen LogP contribution in [0.3, 0.4) is 0 Å². The minimum absolute atomic E-state index is 0.165. The van der Waals surface area contributed by atoms with Gasteiger partial charge in [0.05, 0.1) is 11.1 Å². The normalized spacial score (nSPS) is 19.4. The second kappa shape index (κ2) is 4.56. The van der Waals surface area contributed by atoms with E-state index in [1.54, 1.807) is 24.3 Å². The molecule has 6 heteroatoms. The molecular formula is C14H12N2O4. The van der Waals surface area contributed by atoms with Gasteiger partial charge in [-0.2, -0.15) is 5.01 Å². The maximum atomic E-state index is 12.3. The number of carbonyl (C=O) groups is 4. The Morgan fingerprint density at radius 3 is 2.00 bits per heavy atom. The number of hydrogen-bond acceptors (Lipinski definition) is 4. The highest BCUT2D eigenvalue weighted by atomic mass is 16.2. The van der Waals surface area contributed by atoms with Crippen molar-refractivity contribution in [1.29, 1.82) is 0 Å². The zero-order valence-corrected chi connectivity index (χ0v) is 10.7. The SMILES string of the molecule is O=C1CCCCN(N2C(=O)c3ccccc3C2=O)C1=O. The van der Waals surface area contributed by atoms with Gasteiger partial charge in [0.15, 0.2) is 0 Å². The van der Waals surface area contributed by atoms with Gasteiger partial charge >= 0.3 is 5.91 Å². The van der Waals surface area contributed by atoms with E-state index in [2.05, 4.69) is 0 Å². The van der Waals surface area contributed by atoms with Crippen LogP contribution in [0.2, 0.25) is 0 Å². The number of carbonyl (C=O) groups excluding carboxylic acids is 4. The Labute approximate surface area is 114 Å². The van der Waals surface area contributed by atoms with Crippen molar-refractivity contribution in [3.8, 4) is 0 Å². The van der Waals surface area contributed by atoms with Gasteiger partial charge in [-0.1, -0.05) is 12.1 Å². The van der Waals surface area contributed by atoms with Crippen LogP contribution in [-0.2, 0) is 9.59 Å². The van der Waals surface area contributed by atoms with E-state index in [4.69, 9.17) is 0 Å². The summed E-state index contributed by atoms with van der Waals surface area (Å²) in [5.74, 6) is -2.43. The average Bonchev–Trinajstić information content (AvgIpc) is 2.59. The molecule has 0 radical (unpaired) electrons. The van der Waals surface area contributed by atoms with E-state index in [0.29, 0.717) is 12.8 Å². The van der Waals surface area contributed by atoms with Gasteiger partial charge < -0.3 is 0 Å². The lowest BCUT2D eigenvalue weighted by Crippen LogP contribution is -2.51. The molecule has 20 heavy (non-hydrogen) atoms. The largest absolute Gasteiger partial charge is 0.308 e. The van der Waals surface area contributed by atoms with E-state index < -0.39 is 23.5 Å². The van der Waals surface area contributed by atoms with Gasteiger partial charge in [-0.25, -0.2) is 5.01 Å². The average molecular weight is 272 g/mol. The Morgan fingerprint density at radius 2 is 1.40 bits per heavy atom. The topological polar surface area (TPSA) is 74.8 Å². The molecule has 1 aromatic carbocycles. The Balaban J connectivity index is 1.99. The fourth-order valence-corrected chi connectivity index (χ4v) is 2.49. The van der Waals surface area contributed by atoms with Crippen LogP contribution in [0.4, 0.5) is 0 Å². The molecule has 102 valence electrons. The van der Waals surface area contributed by atoms with Crippen molar-refractivity contribution in [3.05, 3.63) is 35.4 Å². The van der Waals surface area contributed by atoms with Crippen LogP contribution < -0.4 is 0 Å². The van der Waals surface area contributed by atoms with Gasteiger partial charge in [0.2, 0.25) is 5.78 Å². The molecule has 1 fully saturated rings. The summed E-state index contributed by atoms with van der Waals surface area (Å²) in [5.41, 5.74) is 0.531. The summed E-state index contributed by atoms with van der Waals surface area (Å²) < 4.78 is 0. The maximum absolute atomic E-state index is 12.3. The lowest BCUT2D eigenvalue weighted by molar-refractivity contribution is -0.150. The Kier molecular flexibility index (Phi) is 2.85. The van der Waals surface area contributed by atoms with Gasteiger partial charge in [-0.15, -0.1) is 0 Å². The number of amides is 3. The summed E-state index contributed by atoms with van der Waals surface area (Å²) in [6.07, 6.45) is 1.34. The van der Waals surface area contributed by atoms with Crippen molar-refractivity contribution in [3.63, 3.8) is 0 Å². The van der Waals surface area contributed by atoms with Crippen molar-refractivity contribution >= 4 is 23.5 Å². The Bertz CT molecular complexity index is 603. The van der Waals surface area contributed by atoms with Crippen molar-refractivity contribution in [2.45, 2.75) is 19.3 Å². The third-order valence-corrected chi connectivity index (χ3v) is 3.51. The Morgan fingerprint density at radius 1 is 0.800 bits per heavy atom. The maximum Gasteiger partial charge on any atom is 0.308 e. The predicted molar refractivity (Wildman–Crippen MR) is 67.5 cm³/mol. The highest BCUT2D eigenvalue weighted by molar-refractivity contribution is 6.37. The van der Waals surface area contributed by atoms with Crippen LogP contribution in [0, 0.1) is 0 Å². The summed E-state index contributed by atoms with van der Waals surface area (Å²) >= 11 is 0. The lowest BCUT2D eigenvalue weighted by atomic mass is 10.1. The van der Waals surface area contributed by atoms with E-state index >= 15 is 0 Å². The second-order valence-electron chi connectivity index (χ2n) is 4.78. The fourth-order valence-electron chi connectivity index (χ4n) is 2.49. The number of hydrazine groups is 1. The number of rotatable bonds is 1. The molecule has 0 aromatic heterocycles. The molecule has 3 rings (SSSR count). The molecule has 1 saturated heterocycles. The molecule has 0 aliphatic carbocycles. The first-order chi connectivity index (χ1) is 9.61. The fraction of sp³-hybridized carbons (Fsp3) is 0.286. The molecule has 0 N–H and O–H groups in total. The molecule has 6 nitrogen and oxygen atoms in total. The minimum Gasteiger partial charge on any atom is -0.289 e. The van der Waals surface area contributed by atoms with E-state index in [9.17, 15) is 19.2 Å². The second-order valence-corrected chi connectivity index (χ2v) is 4.78. The first-order valence-electron chi connectivity index (χ1n) is 6.43. The van der Waals surface area contributed by atoms with Gasteiger partial charge in [0, 0.05) is 13.0 Å². The quantitative estimate of drug-likeness (QED) is 0.559. The van der Waals surface area contributed by atoms with Gasteiger partial charge in [-0.05, 0) is 25.0 Å². The summed E-state index contributed by atoms with van der Waals surface area (Å²) in [6.45, 7) is 0.204. The van der Waals surface area contributed by atoms with E-state index in [-0.39, 0.29) is 24.1 Å². The van der Waals surface area contributed by atoms with E-state index in [0.717, 1.165) is 10.0 Å². The first kappa shape index (κ1) is 12.5. The van der Waals surface area contributed by atoms with Crippen molar-refractivity contribution in [1.82, 2.24) is 10.0 Å². The monoisotopic (exact) mass is 272 g/mol. The van der Waals surface area contributed by atoms with Crippen LogP contribution in [0.15, 0.2) is 24.3 Å². The third kappa shape index (κ3) is 1.72. The molecule has 2 aliphatic heterocycles. The molecule has 3 amide bonds. The molecular weight excluding hydrogens is 260 g/mol. The number of hydrogen-bond donors (Lipinski definition) is 0. The van der Waals surface area contributed by atoms with Crippen LogP contribution in [0.1, 0.15) is 40.0 Å². The highest BCUT2D eigenvalue weighted by Crippen LogP contribution is 2.25. The number of imide groups is 1. The predicted octanol–water partition coefficient (Wildman–Crippen LogP) is 0.779. The van der Waals surface area contributed by atoms with E-state index in [1.165, 1.54) is 0 Å². The first-order valence-corrected chi connectivity index (χ1v) is 6.43. The number of nitrogens with zero attached hydrogens (tertiary/aromatic N) is 2. The summed E-state index contributed by atoms with van der Waals surface area (Å²) in [7, 11) is 0. The van der Waals surface area contributed by atoms with Crippen LogP contribution in [0.25, 0.3) is 0 Å². The van der Waals surface area contributed by atoms with Crippen molar-refractivity contribution in [2.75, 3.05) is 6.54 Å². The molecule has 0 bridgehead atoms. The molecule has 0 atom stereocenters. The number of fused-ring (bicyclic) bond motifs is 1. The molecule has 0 spiro atoms. The standard InChI is InChI=1S/C14H12N2O4/c17-11-7-3-4-8-15(14(11)20)16-12(18)9-5-1-2-6-10(9)13(16)19/h1-2,5-6H,3-4,7-8H2. The van der Waals surface area contributed by atoms with Gasteiger partial charge in [0.25, 0.3) is 11.8 Å². The molecule has 2 aliphatic rings. The lowest BCUT2D eigenvalue weighted by Gasteiger charge is -2.27. The number of benzene rings is 1. The van der Waals surface area contributed by atoms with Crippen molar-refractivity contribution in [2.24, 2.45) is 0 Å². The highest BCUT2D eigenvalue weighted by Gasteiger charge is 2.42. The Hall–Kier alpha value is -2.50. The smallest absolute Gasteiger partial charge is 0.289 e. The molecule has 2 heterocycles.